The van der Waals surface area contributed by atoms with Crippen LogP contribution in [0.1, 0.15) is 12.8 Å². The first kappa shape index (κ1) is 25.1. The highest BCUT2D eigenvalue weighted by Crippen LogP contribution is 2.31. The summed E-state index contributed by atoms with van der Waals surface area (Å²) in [6, 6.07) is 14.4. The van der Waals surface area contributed by atoms with Crippen molar-refractivity contribution < 1.29 is 4.79 Å². The maximum atomic E-state index is 12.9. The Bertz CT molecular complexity index is 1410. The van der Waals surface area contributed by atoms with Gasteiger partial charge < -0.3 is 15.5 Å². The van der Waals surface area contributed by atoms with Crippen LogP contribution in [-0.4, -0.2) is 45.2 Å². The summed E-state index contributed by atoms with van der Waals surface area (Å²) in [5, 5.41) is 12.5. The standard InChI is InChI=1S/C25H22BrCl3N6O/c26-20-13-31-35-23(11-22(33-24(20)35)19-5-1-2-6-21(19)29)30-12-15-4-3-7-34(14-15)25(36)32-18-9-16(27)8-17(28)10-18/h1-2,5-6,8-11,13,15,30H,3-4,7,12,14H2,(H,32,36). The lowest BCUT2D eigenvalue weighted by Crippen LogP contribution is -2.44. The van der Waals surface area contributed by atoms with Gasteiger partial charge in [0, 0.05) is 52.0 Å². The molecule has 0 saturated carbocycles. The quantitative estimate of drug-likeness (QED) is 0.247. The molecule has 1 unspecified atom stereocenters. The predicted octanol–water partition coefficient (Wildman–Crippen LogP) is 7.48. The highest BCUT2D eigenvalue weighted by atomic mass is 79.9. The van der Waals surface area contributed by atoms with Gasteiger partial charge in [-0.2, -0.15) is 9.61 Å². The molecule has 0 radical (unpaired) electrons. The number of carbonyl (C=O) groups excluding carboxylic acids is 1. The van der Waals surface area contributed by atoms with Crippen LogP contribution < -0.4 is 10.6 Å². The molecule has 4 aromatic rings. The number of rotatable bonds is 5. The smallest absolute Gasteiger partial charge is 0.321 e. The summed E-state index contributed by atoms with van der Waals surface area (Å²) in [5.41, 5.74) is 2.87. The van der Waals surface area contributed by atoms with Crippen molar-refractivity contribution in [3.05, 3.63) is 74.3 Å². The van der Waals surface area contributed by atoms with E-state index >= 15 is 0 Å². The summed E-state index contributed by atoms with van der Waals surface area (Å²) in [4.78, 5) is 19.5. The summed E-state index contributed by atoms with van der Waals surface area (Å²) in [7, 11) is 0. The van der Waals surface area contributed by atoms with E-state index in [2.05, 4.69) is 31.7 Å². The third kappa shape index (κ3) is 5.57. The molecule has 1 aliphatic heterocycles. The second-order valence-corrected chi connectivity index (χ2v) is 10.8. The molecule has 1 fully saturated rings. The molecule has 5 rings (SSSR count). The number of halogens is 4. The molecule has 36 heavy (non-hydrogen) atoms. The predicted molar refractivity (Wildman–Crippen MR) is 149 cm³/mol. The molecule has 1 saturated heterocycles. The molecule has 2 N–H and O–H groups in total. The van der Waals surface area contributed by atoms with Gasteiger partial charge in [-0.15, -0.1) is 0 Å². The van der Waals surface area contributed by atoms with E-state index in [4.69, 9.17) is 39.8 Å². The van der Waals surface area contributed by atoms with Crippen LogP contribution in [0.2, 0.25) is 15.1 Å². The van der Waals surface area contributed by atoms with Gasteiger partial charge in [0.1, 0.15) is 5.82 Å². The molecule has 11 heteroatoms. The van der Waals surface area contributed by atoms with Crippen molar-refractivity contribution in [3.63, 3.8) is 0 Å². The number of benzene rings is 2. The molecule has 0 bridgehead atoms. The van der Waals surface area contributed by atoms with E-state index in [0.29, 0.717) is 46.0 Å². The highest BCUT2D eigenvalue weighted by molar-refractivity contribution is 9.10. The second kappa shape index (κ2) is 10.8. The molecule has 186 valence electrons. The Morgan fingerprint density at radius 3 is 2.67 bits per heavy atom. The Balaban J connectivity index is 1.30. The van der Waals surface area contributed by atoms with Crippen LogP contribution in [0, 0.1) is 5.92 Å². The number of hydrogen-bond donors (Lipinski definition) is 2. The third-order valence-corrected chi connectivity index (χ3v) is 7.40. The lowest BCUT2D eigenvalue weighted by Gasteiger charge is -2.33. The number of nitrogens with zero attached hydrogens (tertiary/aromatic N) is 4. The zero-order valence-electron chi connectivity index (χ0n) is 19.0. The van der Waals surface area contributed by atoms with Gasteiger partial charge in [-0.3, -0.25) is 0 Å². The zero-order chi connectivity index (χ0) is 25.2. The molecule has 7 nitrogen and oxygen atoms in total. The van der Waals surface area contributed by atoms with Crippen molar-refractivity contribution in [2.45, 2.75) is 12.8 Å². The second-order valence-electron chi connectivity index (χ2n) is 8.66. The Kier molecular flexibility index (Phi) is 7.57. The number of aromatic nitrogens is 3. The van der Waals surface area contributed by atoms with Crippen molar-refractivity contribution in [1.82, 2.24) is 19.5 Å². The molecule has 0 spiro atoms. The van der Waals surface area contributed by atoms with Gasteiger partial charge >= 0.3 is 6.03 Å². The lowest BCUT2D eigenvalue weighted by atomic mass is 9.98. The minimum atomic E-state index is -0.165. The number of likely N-dealkylation sites (tertiary alicyclic amines) is 1. The van der Waals surface area contributed by atoms with Crippen LogP contribution in [0.5, 0.6) is 0 Å². The summed E-state index contributed by atoms with van der Waals surface area (Å²) >= 11 is 22.1. The fraction of sp³-hybridized carbons (Fsp3) is 0.240. The molecule has 1 atom stereocenters. The van der Waals surface area contributed by atoms with Crippen LogP contribution in [0.4, 0.5) is 16.3 Å². The van der Waals surface area contributed by atoms with Gasteiger partial charge in [0.2, 0.25) is 0 Å². The van der Waals surface area contributed by atoms with E-state index < -0.39 is 0 Å². The lowest BCUT2D eigenvalue weighted by molar-refractivity contribution is 0.180. The average Bonchev–Trinajstić information content (AvgIpc) is 3.23. The van der Waals surface area contributed by atoms with Gasteiger partial charge in [-0.05, 0) is 59.0 Å². The van der Waals surface area contributed by atoms with Gasteiger partial charge in [-0.25, -0.2) is 9.78 Å². The topological polar surface area (TPSA) is 74.6 Å². The third-order valence-electron chi connectivity index (χ3n) is 6.07. The number of carbonyl (C=O) groups is 1. The first-order chi connectivity index (χ1) is 17.4. The van der Waals surface area contributed by atoms with E-state index in [-0.39, 0.29) is 11.9 Å². The zero-order valence-corrected chi connectivity index (χ0v) is 22.9. The SMILES string of the molecule is O=C(Nc1cc(Cl)cc(Cl)c1)N1CCCC(CNc2cc(-c3ccccc3Cl)nc3c(Br)cnn23)C1. The number of piperidine rings is 1. The van der Waals surface area contributed by atoms with Crippen LogP contribution in [0.25, 0.3) is 16.9 Å². The van der Waals surface area contributed by atoms with Crippen molar-refractivity contribution in [1.29, 1.82) is 0 Å². The largest absolute Gasteiger partial charge is 0.370 e. The average molecular weight is 609 g/mol. The number of nitrogens with one attached hydrogen (secondary N) is 2. The Hall–Kier alpha value is -2.52. The number of fused-ring (bicyclic) bond motifs is 1. The van der Waals surface area contributed by atoms with Gasteiger partial charge in [0.15, 0.2) is 5.65 Å². The minimum Gasteiger partial charge on any atom is -0.370 e. The number of amides is 2. The Labute approximate surface area is 231 Å². The molecule has 1 aliphatic rings. The van der Waals surface area contributed by atoms with Gasteiger partial charge in [0.05, 0.1) is 16.4 Å². The van der Waals surface area contributed by atoms with Crippen molar-refractivity contribution in [3.8, 4) is 11.3 Å². The number of anilines is 2. The molecule has 2 amide bonds. The van der Waals surface area contributed by atoms with Crippen LogP contribution in [-0.2, 0) is 0 Å². The van der Waals surface area contributed by atoms with E-state index in [1.807, 2.05) is 35.2 Å². The molecule has 2 aromatic carbocycles. The molecule has 0 aliphatic carbocycles. The van der Waals surface area contributed by atoms with Crippen LogP contribution >= 0.6 is 50.7 Å². The number of hydrogen-bond acceptors (Lipinski definition) is 4. The first-order valence-corrected chi connectivity index (χ1v) is 13.3. The maximum absolute atomic E-state index is 12.9. The summed E-state index contributed by atoms with van der Waals surface area (Å²) in [5.74, 6) is 1.06. The normalized spacial score (nSPS) is 15.8. The Morgan fingerprint density at radius 2 is 1.89 bits per heavy atom. The molecular weight excluding hydrogens is 587 g/mol. The highest BCUT2D eigenvalue weighted by Gasteiger charge is 2.24. The Morgan fingerprint density at radius 1 is 1.11 bits per heavy atom. The fourth-order valence-corrected chi connectivity index (χ4v) is 5.47. The van der Waals surface area contributed by atoms with Crippen molar-refractivity contribution in [2.24, 2.45) is 5.92 Å². The molecule has 2 aromatic heterocycles. The van der Waals surface area contributed by atoms with Gasteiger partial charge in [-0.1, -0.05) is 53.0 Å². The van der Waals surface area contributed by atoms with Crippen molar-refractivity contribution >= 4 is 73.9 Å². The van der Waals surface area contributed by atoms with E-state index in [0.717, 1.165) is 34.4 Å². The van der Waals surface area contributed by atoms with Crippen molar-refractivity contribution in [2.75, 3.05) is 30.3 Å². The summed E-state index contributed by atoms with van der Waals surface area (Å²) < 4.78 is 2.56. The van der Waals surface area contributed by atoms with Crippen LogP contribution in [0.3, 0.4) is 0 Å². The van der Waals surface area contributed by atoms with E-state index in [9.17, 15) is 4.79 Å². The molecular formula is C25H22BrCl3N6O. The first-order valence-electron chi connectivity index (χ1n) is 11.4. The van der Waals surface area contributed by atoms with E-state index in [1.54, 1.807) is 28.9 Å². The van der Waals surface area contributed by atoms with Gasteiger partial charge in [0.25, 0.3) is 0 Å². The summed E-state index contributed by atoms with van der Waals surface area (Å²) in [6.45, 7) is 1.99. The van der Waals surface area contributed by atoms with Crippen LogP contribution in [0.15, 0.2) is 59.2 Å². The molecule has 3 heterocycles. The maximum Gasteiger partial charge on any atom is 0.321 e. The number of urea groups is 1. The monoisotopic (exact) mass is 606 g/mol. The minimum absolute atomic E-state index is 0.165. The van der Waals surface area contributed by atoms with E-state index in [1.165, 1.54) is 0 Å². The fourth-order valence-electron chi connectivity index (χ4n) is 4.36. The summed E-state index contributed by atoms with van der Waals surface area (Å²) in [6.07, 6.45) is 3.65.